The Hall–Kier alpha value is -1.14. The molecule has 1 N–H and O–H groups in total. The van der Waals surface area contributed by atoms with E-state index in [9.17, 15) is 21.2 Å². The molecule has 0 saturated carbocycles. The Morgan fingerprint density at radius 2 is 2.00 bits per heavy atom. The summed E-state index contributed by atoms with van der Waals surface area (Å²) in [6.07, 6.45) is 5.18. The number of terminal acetylenes is 1. The minimum absolute atomic E-state index is 0.134. The number of hydrogen-bond donors (Lipinski definition) is 1. The third-order valence-corrected chi connectivity index (χ3v) is 5.23. The third-order valence-electron chi connectivity index (χ3n) is 2.25. The van der Waals surface area contributed by atoms with Crippen molar-refractivity contribution in [2.45, 2.75) is 29.2 Å². The van der Waals surface area contributed by atoms with E-state index in [0.29, 0.717) is 6.07 Å². The van der Waals surface area contributed by atoms with Crippen LogP contribution >= 0.6 is 10.7 Å². The minimum Gasteiger partial charge on any atom is -0.207 e. The number of benzene rings is 1. The van der Waals surface area contributed by atoms with Crippen molar-refractivity contribution in [3.63, 3.8) is 0 Å². The summed E-state index contributed by atoms with van der Waals surface area (Å²) >= 11 is 0. The zero-order valence-corrected chi connectivity index (χ0v) is 12.7. The van der Waals surface area contributed by atoms with Crippen LogP contribution in [0, 0.1) is 18.2 Å². The van der Waals surface area contributed by atoms with Crippen molar-refractivity contribution in [1.82, 2.24) is 4.72 Å². The van der Waals surface area contributed by atoms with Crippen LogP contribution in [0.15, 0.2) is 28.0 Å². The molecule has 0 bridgehead atoms. The highest BCUT2D eigenvalue weighted by atomic mass is 35.7. The van der Waals surface area contributed by atoms with Crippen LogP contribution < -0.4 is 4.72 Å². The van der Waals surface area contributed by atoms with Gasteiger partial charge in [-0.15, -0.1) is 12.3 Å². The first-order valence-corrected chi connectivity index (χ1v) is 9.07. The van der Waals surface area contributed by atoms with Crippen LogP contribution in [-0.2, 0) is 19.1 Å². The number of rotatable bonds is 5. The van der Waals surface area contributed by atoms with Crippen LogP contribution in [0.25, 0.3) is 0 Å². The van der Waals surface area contributed by atoms with Gasteiger partial charge in [-0.2, -0.15) is 0 Å². The molecular formula is C11H11ClFNO4S2. The van der Waals surface area contributed by atoms with Gasteiger partial charge in [-0.25, -0.2) is 25.9 Å². The second-order valence-electron chi connectivity index (χ2n) is 3.96. The quantitative estimate of drug-likeness (QED) is 0.650. The summed E-state index contributed by atoms with van der Waals surface area (Å²) in [4.78, 5) is -1.20. The van der Waals surface area contributed by atoms with E-state index in [1.807, 2.05) is 0 Å². The van der Waals surface area contributed by atoms with Crippen molar-refractivity contribution in [3.05, 3.63) is 24.0 Å². The first-order valence-electron chi connectivity index (χ1n) is 5.28. The molecule has 1 aromatic rings. The van der Waals surface area contributed by atoms with Crippen LogP contribution in [0.5, 0.6) is 0 Å². The van der Waals surface area contributed by atoms with Gasteiger partial charge in [0.1, 0.15) is 10.7 Å². The molecule has 1 rings (SSSR count). The lowest BCUT2D eigenvalue weighted by molar-refractivity contribution is 0.542. The lowest BCUT2D eigenvalue weighted by atomic mass is 10.3. The molecule has 20 heavy (non-hydrogen) atoms. The van der Waals surface area contributed by atoms with Crippen molar-refractivity contribution >= 4 is 29.8 Å². The standard InChI is InChI=1S/C11H11ClFNO4S2/c1-3-4-8(2)14-20(17,18)11-6-5-9(7-10(11)13)19(12,15)16/h1,5-8,14H,4H2,2H3. The van der Waals surface area contributed by atoms with Crippen molar-refractivity contribution in [1.29, 1.82) is 0 Å². The molecule has 0 radical (unpaired) electrons. The van der Waals surface area contributed by atoms with E-state index in [2.05, 4.69) is 10.6 Å². The van der Waals surface area contributed by atoms with Gasteiger partial charge in [0.15, 0.2) is 0 Å². The van der Waals surface area contributed by atoms with Gasteiger partial charge in [0.05, 0.1) is 4.90 Å². The fourth-order valence-electron chi connectivity index (χ4n) is 1.40. The summed E-state index contributed by atoms with van der Waals surface area (Å²) in [6, 6.07) is 1.70. The predicted molar refractivity (Wildman–Crippen MR) is 72.7 cm³/mol. The van der Waals surface area contributed by atoms with E-state index < -0.39 is 40.7 Å². The summed E-state index contributed by atoms with van der Waals surface area (Å²) < 4.78 is 61.7. The van der Waals surface area contributed by atoms with E-state index in [0.717, 1.165) is 12.1 Å². The Balaban J connectivity index is 3.19. The number of halogens is 2. The summed E-state index contributed by atoms with van der Waals surface area (Å²) in [7, 11) is -3.22. The molecule has 0 aromatic heterocycles. The van der Waals surface area contributed by atoms with Crippen LogP contribution in [0.1, 0.15) is 13.3 Å². The smallest absolute Gasteiger partial charge is 0.207 e. The van der Waals surface area contributed by atoms with E-state index in [-0.39, 0.29) is 6.42 Å². The normalized spacial score (nSPS) is 13.7. The zero-order valence-electron chi connectivity index (χ0n) is 10.3. The van der Waals surface area contributed by atoms with E-state index in [4.69, 9.17) is 17.1 Å². The van der Waals surface area contributed by atoms with E-state index >= 15 is 0 Å². The van der Waals surface area contributed by atoms with Gasteiger partial charge in [-0.3, -0.25) is 0 Å². The summed E-state index contributed by atoms with van der Waals surface area (Å²) in [5.41, 5.74) is 0. The first-order chi connectivity index (χ1) is 9.08. The van der Waals surface area contributed by atoms with Crippen molar-refractivity contribution < 1.29 is 21.2 Å². The highest BCUT2D eigenvalue weighted by molar-refractivity contribution is 8.13. The molecule has 1 atom stereocenters. The highest BCUT2D eigenvalue weighted by Gasteiger charge is 2.23. The summed E-state index contributed by atoms with van der Waals surface area (Å²) in [5.74, 6) is 1.05. The van der Waals surface area contributed by atoms with Gasteiger partial charge >= 0.3 is 0 Å². The Morgan fingerprint density at radius 1 is 1.40 bits per heavy atom. The largest absolute Gasteiger partial charge is 0.261 e. The van der Waals surface area contributed by atoms with Crippen LogP contribution in [0.2, 0.25) is 0 Å². The molecule has 0 heterocycles. The number of nitrogens with one attached hydrogen (secondary N) is 1. The molecule has 110 valence electrons. The van der Waals surface area contributed by atoms with Crippen molar-refractivity contribution in [3.8, 4) is 12.3 Å². The highest BCUT2D eigenvalue weighted by Crippen LogP contribution is 2.21. The fourth-order valence-corrected chi connectivity index (χ4v) is 3.46. The molecule has 0 saturated heterocycles. The molecule has 0 aliphatic carbocycles. The van der Waals surface area contributed by atoms with E-state index in [1.165, 1.54) is 6.92 Å². The second kappa shape index (κ2) is 6.10. The average molecular weight is 340 g/mol. The lowest BCUT2D eigenvalue weighted by Gasteiger charge is -2.12. The maximum atomic E-state index is 13.7. The predicted octanol–water partition coefficient (Wildman–Crippen LogP) is 1.44. The molecule has 1 aromatic carbocycles. The second-order valence-corrected chi connectivity index (χ2v) is 8.21. The van der Waals surface area contributed by atoms with Crippen LogP contribution in [0.3, 0.4) is 0 Å². The lowest BCUT2D eigenvalue weighted by Crippen LogP contribution is -2.32. The SMILES string of the molecule is C#CCC(C)NS(=O)(=O)c1ccc(S(=O)(=O)Cl)cc1F. The number of sulfonamides is 1. The molecule has 0 amide bonds. The molecule has 0 spiro atoms. The van der Waals surface area contributed by atoms with E-state index in [1.54, 1.807) is 0 Å². The molecule has 0 fully saturated rings. The van der Waals surface area contributed by atoms with Gasteiger partial charge in [0, 0.05) is 23.1 Å². The average Bonchev–Trinajstić information content (AvgIpc) is 2.26. The molecular weight excluding hydrogens is 329 g/mol. The Labute approximate surface area is 121 Å². The Kier molecular flexibility index (Phi) is 5.15. The van der Waals surface area contributed by atoms with Crippen molar-refractivity contribution in [2.24, 2.45) is 0 Å². The maximum Gasteiger partial charge on any atom is 0.261 e. The molecule has 0 aliphatic heterocycles. The minimum atomic E-state index is -4.13. The topological polar surface area (TPSA) is 80.3 Å². The monoisotopic (exact) mass is 339 g/mol. The summed E-state index contributed by atoms with van der Waals surface area (Å²) in [6.45, 7) is 1.52. The van der Waals surface area contributed by atoms with Gasteiger partial charge in [-0.05, 0) is 25.1 Å². The van der Waals surface area contributed by atoms with Crippen LogP contribution in [-0.4, -0.2) is 22.9 Å². The van der Waals surface area contributed by atoms with Gasteiger partial charge in [-0.1, -0.05) is 0 Å². The maximum absolute atomic E-state index is 13.7. The Bertz CT molecular complexity index is 753. The zero-order chi connectivity index (χ0) is 15.6. The van der Waals surface area contributed by atoms with Gasteiger partial charge < -0.3 is 0 Å². The third kappa shape index (κ3) is 4.18. The Morgan fingerprint density at radius 3 is 2.45 bits per heavy atom. The first kappa shape index (κ1) is 16.9. The molecule has 1 unspecified atom stereocenters. The number of hydrogen-bond acceptors (Lipinski definition) is 4. The molecule has 5 nitrogen and oxygen atoms in total. The summed E-state index contributed by atoms with van der Waals surface area (Å²) in [5, 5.41) is 0. The molecule has 0 aliphatic rings. The van der Waals surface area contributed by atoms with Gasteiger partial charge in [0.25, 0.3) is 9.05 Å². The van der Waals surface area contributed by atoms with Crippen molar-refractivity contribution in [2.75, 3.05) is 0 Å². The van der Waals surface area contributed by atoms with Crippen LogP contribution in [0.4, 0.5) is 4.39 Å². The molecule has 9 heteroatoms. The van der Waals surface area contributed by atoms with Gasteiger partial charge in [0.2, 0.25) is 10.0 Å². The fraction of sp³-hybridized carbons (Fsp3) is 0.273.